The molecule has 0 amide bonds. The lowest BCUT2D eigenvalue weighted by molar-refractivity contribution is 0.236. The summed E-state index contributed by atoms with van der Waals surface area (Å²) in [5.74, 6) is 0. The molecule has 8 heteroatoms. The van der Waals surface area contributed by atoms with E-state index in [0.29, 0.717) is 12.8 Å². The summed E-state index contributed by atoms with van der Waals surface area (Å²) in [6, 6.07) is -0.313. The highest BCUT2D eigenvalue weighted by Crippen LogP contribution is 2.40. The minimum absolute atomic E-state index is 0.157. The van der Waals surface area contributed by atoms with Crippen molar-refractivity contribution in [2.75, 3.05) is 20.4 Å². The highest BCUT2D eigenvalue weighted by Gasteiger charge is 2.49. The van der Waals surface area contributed by atoms with Gasteiger partial charge in [0, 0.05) is 32.4 Å². The van der Waals surface area contributed by atoms with Crippen LogP contribution in [-0.4, -0.2) is 63.1 Å². The zero-order valence-corrected chi connectivity index (χ0v) is 12.5. The van der Waals surface area contributed by atoms with Gasteiger partial charge in [0.2, 0.25) is 0 Å². The normalized spacial score (nSPS) is 34.1. The van der Waals surface area contributed by atoms with Crippen molar-refractivity contribution >= 4 is 20.0 Å². The number of fused-ring (bicyclic) bond motifs is 2. The van der Waals surface area contributed by atoms with Gasteiger partial charge in [0.15, 0.2) is 0 Å². The monoisotopic (exact) mass is 296 g/mol. The van der Waals surface area contributed by atoms with Crippen LogP contribution in [0.4, 0.5) is 0 Å². The molecular formula is C10H20N2O4S2. The fourth-order valence-corrected chi connectivity index (χ4v) is 5.66. The molecule has 0 radical (unpaired) electrons. The van der Waals surface area contributed by atoms with E-state index in [1.165, 1.54) is 29.0 Å². The molecule has 106 valence electrons. The van der Waals surface area contributed by atoms with Crippen LogP contribution in [0, 0.1) is 0 Å². The lowest BCUT2D eigenvalue weighted by atomic mass is 10.1. The van der Waals surface area contributed by atoms with Crippen LogP contribution in [0.1, 0.15) is 25.7 Å². The Kier molecular flexibility index (Phi) is 3.50. The molecule has 0 saturated carbocycles. The van der Waals surface area contributed by atoms with Gasteiger partial charge < -0.3 is 0 Å². The van der Waals surface area contributed by atoms with Crippen molar-refractivity contribution in [3.8, 4) is 0 Å². The van der Waals surface area contributed by atoms with E-state index in [1.807, 2.05) is 0 Å². The van der Waals surface area contributed by atoms with Crippen LogP contribution in [0.3, 0.4) is 0 Å². The molecule has 2 rings (SSSR count). The lowest BCUT2D eigenvalue weighted by Gasteiger charge is -2.38. The van der Waals surface area contributed by atoms with Crippen LogP contribution < -0.4 is 0 Å². The molecule has 6 nitrogen and oxygen atoms in total. The van der Waals surface area contributed by atoms with E-state index in [-0.39, 0.29) is 17.3 Å². The molecule has 2 aliphatic rings. The second-order valence-corrected chi connectivity index (χ2v) is 9.80. The first-order valence-corrected chi connectivity index (χ1v) is 9.39. The highest BCUT2D eigenvalue weighted by atomic mass is 32.2. The van der Waals surface area contributed by atoms with Crippen molar-refractivity contribution in [2.24, 2.45) is 0 Å². The van der Waals surface area contributed by atoms with Crippen molar-refractivity contribution in [1.29, 1.82) is 0 Å². The topological polar surface area (TPSA) is 74.8 Å². The lowest BCUT2D eigenvalue weighted by Crippen LogP contribution is -2.52. The molecule has 2 heterocycles. The molecule has 0 aromatic carbocycles. The Balaban J connectivity index is 2.27. The second-order valence-electron chi connectivity index (χ2n) is 5.43. The maximum atomic E-state index is 12.2. The third-order valence-corrected chi connectivity index (χ3v) is 7.60. The van der Waals surface area contributed by atoms with Crippen molar-refractivity contribution in [3.63, 3.8) is 0 Å². The predicted molar refractivity (Wildman–Crippen MR) is 69.1 cm³/mol. The summed E-state index contributed by atoms with van der Waals surface area (Å²) in [6.45, 7) is 0. The van der Waals surface area contributed by atoms with Crippen LogP contribution in [0.5, 0.6) is 0 Å². The molecule has 2 bridgehead atoms. The number of rotatable bonds is 3. The van der Waals surface area contributed by atoms with Gasteiger partial charge in [0.05, 0.1) is 5.25 Å². The summed E-state index contributed by atoms with van der Waals surface area (Å²) >= 11 is 0. The SMILES string of the molecule is CN(C)S(=O)(=O)N1C2CCC1CC(S(C)(=O)=O)C2. The van der Waals surface area contributed by atoms with Gasteiger partial charge in [0.1, 0.15) is 9.84 Å². The Morgan fingerprint density at radius 1 is 1.00 bits per heavy atom. The van der Waals surface area contributed by atoms with E-state index in [0.717, 1.165) is 12.8 Å². The summed E-state index contributed by atoms with van der Waals surface area (Å²) in [5.41, 5.74) is 0. The van der Waals surface area contributed by atoms with Gasteiger partial charge in [-0.3, -0.25) is 0 Å². The van der Waals surface area contributed by atoms with E-state index >= 15 is 0 Å². The van der Waals surface area contributed by atoms with E-state index < -0.39 is 20.0 Å². The van der Waals surface area contributed by atoms with Crippen LogP contribution >= 0.6 is 0 Å². The molecule has 2 saturated heterocycles. The Hall–Kier alpha value is -0.180. The number of hydrogen-bond donors (Lipinski definition) is 0. The zero-order valence-electron chi connectivity index (χ0n) is 10.9. The van der Waals surface area contributed by atoms with Crippen LogP contribution in [0.2, 0.25) is 0 Å². The summed E-state index contributed by atoms with van der Waals surface area (Å²) in [6.07, 6.45) is 3.64. The van der Waals surface area contributed by atoms with E-state index in [2.05, 4.69) is 0 Å². The molecule has 2 unspecified atom stereocenters. The zero-order chi connectivity index (χ0) is 13.7. The Morgan fingerprint density at radius 3 is 1.78 bits per heavy atom. The molecule has 2 fully saturated rings. The minimum Gasteiger partial charge on any atom is -0.229 e. The van der Waals surface area contributed by atoms with Gasteiger partial charge in [0.25, 0.3) is 10.2 Å². The van der Waals surface area contributed by atoms with Crippen LogP contribution in [0.15, 0.2) is 0 Å². The van der Waals surface area contributed by atoms with Crippen LogP contribution in [-0.2, 0) is 20.0 Å². The summed E-state index contributed by atoms with van der Waals surface area (Å²) in [5, 5.41) is -0.386. The summed E-state index contributed by atoms with van der Waals surface area (Å²) < 4.78 is 50.4. The first-order chi connectivity index (χ1) is 8.14. The van der Waals surface area contributed by atoms with E-state index in [4.69, 9.17) is 0 Å². The first-order valence-electron chi connectivity index (χ1n) is 6.04. The molecule has 2 aliphatic heterocycles. The molecular weight excluding hydrogens is 276 g/mol. The molecule has 0 aromatic rings. The predicted octanol–water partition coefficient (Wildman–Crippen LogP) is -0.167. The maximum Gasteiger partial charge on any atom is 0.281 e. The van der Waals surface area contributed by atoms with Crippen molar-refractivity contribution in [1.82, 2.24) is 8.61 Å². The standard InChI is InChI=1S/C10H20N2O4S2/c1-11(2)18(15,16)12-8-4-5-9(12)7-10(6-8)17(3,13)14/h8-10H,4-7H2,1-3H3. The Bertz CT molecular complexity index is 512. The molecule has 2 atom stereocenters. The number of sulfone groups is 1. The van der Waals surface area contributed by atoms with Gasteiger partial charge >= 0.3 is 0 Å². The number of piperidine rings is 1. The molecule has 18 heavy (non-hydrogen) atoms. The van der Waals surface area contributed by atoms with Gasteiger partial charge in [-0.25, -0.2) is 8.42 Å². The Labute approximate surface area is 109 Å². The third kappa shape index (κ3) is 2.31. The molecule has 0 N–H and O–H groups in total. The Morgan fingerprint density at radius 2 is 1.44 bits per heavy atom. The first kappa shape index (κ1) is 14.2. The van der Waals surface area contributed by atoms with Gasteiger partial charge in [-0.1, -0.05) is 0 Å². The third-order valence-electron chi connectivity index (χ3n) is 3.96. The average Bonchev–Trinajstić information content (AvgIpc) is 2.49. The second kappa shape index (κ2) is 4.43. The smallest absolute Gasteiger partial charge is 0.229 e. The average molecular weight is 296 g/mol. The fourth-order valence-electron chi connectivity index (χ4n) is 3.00. The highest BCUT2D eigenvalue weighted by molar-refractivity contribution is 7.91. The van der Waals surface area contributed by atoms with E-state index in [1.54, 1.807) is 0 Å². The van der Waals surface area contributed by atoms with E-state index in [9.17, 15) is 16.8 Å². The quantitative estimate of drug-likeness (QED) is 0.725. The molecule has 0 aliphatic carbocycles. The largest absolute Gasteiger partial charge is 0.281 e. The van der Waals surface area contributed by atoms with Crippen molar-refractivity contribution < 1.29 is 16.8 Å². The van der Waals surface area contributed by atoms with Gasteiger partial charge in [-0.2, -0.15) is 17.0 Å². The summed E-state index contributed by atoms with van der Waals surface area (Å²) in [4.78, 5) is 0. The van der Waals surface area contributed by atoms with Gasteiger partial charge in [-0.05, 0) is 25.7 Å². The fraction of sp³-hybridized carbons (Fsp3) is 1.00. The number of nitrogens with zero attached hydrogens (tertiary/aromatic N) is 2. The van der Waals surface area contributed by atoms with Gasteiger partial charge in [-0.15, -0.1) is 0 Å². The number of hydrogen-bond acceptors (Lipinski definition) is 4. The minimum atomic E-state index is -3.43. The van der Waals surface area contributed by atoms with Crippen molar-refractivity contribution in [3.05, 3.63) is 0 Å². The molecule has 0 spiro atoms. The summed E-state index contributed by atoms with van der Waals surface area (Å²) in [7, 11) is -3.49. The maximum absolute atomic E-state index is 12.2. The van der Waals surface area contributed by atoms with Crippen LogP contribution in [0.25, 0.3) is 0 Å². The molecule has 0 aromatic heterocycles. The van der Waals surface area contributed by atoms with Crippen molar-refractivity contribution in [2.45, 2.75) is 43.0 Å².